The van der Waals surface area contributed by atoms with Gasteiger partial charge in [0.1, 0.15) is 0 Å². The van der Waals surface area contributed by atoms with Gasteiger partial charge >= 0.3 is 0 Å². The summed E-state index contributed by atoms with van der Waals surface area (Å²) < 4.78 is 0. The van der Waals surface area contributed by atoms with Crippen LogP contribution in [-0.2, 0) is 4.79 Å². The Kier molecular flexibility index (Phi) is 6.79. The molecule has 1 aromatic heterocycles. The molecular weight excluding hydrogens is 248 g/mol. The van der Waals surface area contributed by atoms with Gasteiger partial charge in [-0.1, -0.05) is 12.1 Å². The molecule has 2 amide bonds. The van der Waals surface area contributed by atoms with Crippen molar-refractivity contribution in [3.63, 3.8) is 0 Å². The molecule has 0 atom stereocenters. The largest absolute Gasteiger partial charge is 0.356 e. The van der Waals surface area contributed by atoms with Gasteiger partial charge in [-0.15, -0.1) is 17.9 Å². The number of hydrogen-bond donors (Lipinski definition) is 2. The summed E-state index contributed by atoms with van der Waals surface area (Å²) in [5.41, 5.74) is 0. The SMILES string of the molecule is C=CCCNC(=O)CCCNC(=O)c1cccs1. The van der Waals surface area contributed by atoms with E-state index in [1.165, 1.54) is 11.3 Å². The van der Waals surface area contributed by atoms with Gasteiger partial charge in [-0.2, -0.15) is 0 Å². The van der Waals surface area contributed by atoms with Crippen molar-refractivity contribution in [1.29, 1.82) is 0 Å². The lowest BCUT2D eigenvalue weighted by Gasteiger charge is -2.04. The van der Waals surface area contributed by atoms with Crippen LogP contribution in [0.25, 0.3) is 0 Å². The number of hydrogen-bond acceptors (Lipinski definition) is 3. The highest BCUT2D eigenvalue weighted by molar-refractivity contribution is 7.12. The minimum absolute atomic E-state index is 0.0159. The number of carbonyl (C=O) groups is 2. The van der Waals surface area contributed by atoms with Crippen LogP contribution in [0.5, 0.6) is 0 Å². The molecular formula is C13H18N2O2S. The summed E-state index contributed by atoms with van der Waals surface area (Å²) in [6.07, 6.45) is 3.63. The molecule has 0 spiro atoms. The molecule has 1 rings (SSSR count). The summed E-state index contributed by atoms with van der Waals surface area (Å²) in [6.45, 7) is 4.73. The average molecular weight is 266 g/mol. The summed E-state index contributed by atoms with van der Waals surface area (Å²) in [6, 6.07) is 3.62. The van der Waals surface area contributed by atoms with Crippen molar-refractivity contribution in [3.05, 3.63) is 35.0 Å². The van der Waals surface area contributed by atoms with Gasteiger partial charge in [-0.05, 0) is 24.3 Å². The second-order valence-electron chi connectivity index (χ2n) is 3.76. The van der Waals surface area contributed by atoms with Crippen LogP contribution >= 0.6 is 11.3 Å². The lowest BCUT2D eigenvalue weighted by Crippen LogP contribution is -2.27. The highest BCUT2D eigenvalue weighted by atomic mass is 32.1. The molecule has 0 bridgehead atoms. The first-order chi connectivity index (χ1) is 8.74. The first-order valence-electron chi connectivity index (χ1n) is 5.93. The van der Waals surface area contributed by atoms with Gasteiger partial charge in [-0.3, -0.25) is 9.59 Å². The maximum absolute atomic E-state index is 11.5. The van der Waals surface area contributed by atoms with E-state index >= 15 is 0 Å². The Labute approximate surface area is 111 Å². The van der Waals surface area contributed by atoms with Gasteiger partial charge in [0, 0.05) is 19.5 Å². The highest BCUT2D eigenvalue weighted by Gasteiger charge is 2.05. The molecule has 0 radical (unpaired) electrons. The van der Waals surface area contributed by atoms with Crippen molar-refractivity contribution in [2.75, 3.05) is 13.1 Å². The standard InChI is InChI=1S/C13H18N2O2S/c1-2-3-8-14-12(16)7-4-9-15-13(17)11-6-5-10-18-11/h2,5-6,10H,1,3-4,7-9H2,(H,14,16)(H,15,17). The minimum atomic E-state index is -0.0722. The Morgan fingerprint density at radius 3 is 2.83 bits per heavy atom. The van der Waals surface area contributed by atoms with E-state index in [9.17, 15) is 9.59 Å². The second-order valence-corrected chi connectivity index (χ2v) is 4.71. The van der Waals surface area contributed by atoms with E-state index in [0.717, 1.165) is 6.42 Å². The van der Waals surface area contributed by atoms with Gasteiger partial charge < -0.3 is 10.6 Å². The Morgan fingerprint density at radius 2 is 2.17 bits per heavy atom. The van der Waals surface area contributed by atoms with Gasteiger partial charge in [0.2, 0.25) is 5.91 Å². The van der Waals surface area contributed by atoms with Crippen LogP contribution in [0.3, 0.4) is 0 Å². The van der Waals surface area contributed by atoms with E-state index in [-0.39, 0.29) is 11.8 Å². The molecule has 0 unspecified atom stereocenters. The molecule has 18 heavy (non-hydrogen) atoms. The maximum atomic E-state index is 11.5. The van der Waals surface area contributed by atoms with Crippen molar-refractivity contribution in [2.45, 2.75) is 19.3 Å². The van der Waals surface area contributed by atoms with E-state index in [1.807, 2.05) is 11.4 Å². The zero-order valence-corrected chi connectivity index (χ0v) is 11.1. The monoisotopic (exact) mass is 266 g/mol. The third-order valence-electron chi connectivity index (χ3n) is 2.28. The Balaban J connectivity index is 2.06. The van der Waals surface area contributed by atoms with E-state index in [1.54, 1.807) is 12.1 Å². The highest BCUT2D eigenvalue weighted by Crippen LogP contribution is 2.07. The van der Waals surface area contributed by atoms with E-state index in [2.05, 4.69) is 17.2 Å². The fourth-order valence-electron chi connectivity index (χ4n) is 1.35. The smallest absolute Gasteiger partial charge is 0.261 e. The van der Waals surface area contributed by atoms with Crippen molar-refractivity contribution in [2.24, 2.45) is 0 Å². The zero-order valence-electron chi connectivity index (χ0n) is 10.3. The van der Waals surface area contributed by atoms with Crippen LogP contribution in [-0.4, -0.2) is 24.9 Å². The number of amides is 2. The van der Waals surface area contributed by atoms with Crippen molar-refractivity contribution < 1.29 is 9.59 Å². The molecule has 5 heteroatoms. The molecule has 2 N–H and O–H groups in total. The number of nitrogens with one attached hydrogen (secondary N) is 2. The molecule has 0 aromatic carbocycles. The summed E-state index contributed by atoms with van der Waals surface area (Å²) >= 11 is 1.41. The molecule has 0 saturated heterocycles. The molecule has 1 aromatic rings. The molecule has 4 nitrogen and oxygen atoms in total. The van der Waals surface area contributed by atoms with E-state index in [0.29, 0.717) is 30.8 Å². The molecule has 98 valence electrons. The molecule has 1 heterocycles. The quantitative estimate of drug-likeness (QED) is 0.558. The molecule has 0 aliphatic heterocycles. The molecule has 0 saturated carbocycles. The Bertz CT molecular complexity index is 388. The van der Waals surface area contributed by atoms with Crippen molar-refractivity contribution in [3.8, 4) is 0 Å². The molecule has 0 aliphatic carbocycles. The Hall–Kier alpha value is -1.62. The number of thiophene rings is 1. The second kappa shape index (κ2) is 8.47. The average Bonchev–Trinajstić information content (AvgIpc) is 2.88. The number of rotatable bonds is 8. The van der Waals surface area contributed by atoms with Crippen LogP contribution in [0.15, 0.2) is 30.2 Å². The van der Waals surface area contributed by atoms with Crippen molar-refractivity contribution >= 4 is 23.2 Å². The fraction of sp³-hybridized carbons (Fsp3) is 0.385. The molecule has 0 aliphatic rings. The molecule has 0 fully saturated rings. The van der Waals surface area contributed by atoms with Gasteiger partial charge in [-0.25, -0.2) is 0 Å². The van der Waals surface area contributed by atoms with E-state index < -0.39 is 0 Å². The predicted octanol–water partition coefficient (Wildman–Crippen LogP) is 1.95. The van der Waals surface area contributed by atoms with Gasteiger partial charge in [0.15, 0.2) is 0 Å². The fourth-order valence-corrected chi connectivity index (χ4v) is 1.99. The lowest BCUT2D eigenvalue weighted by molar-refractivity contribution is -0.121. The number of carbonyl (C=O) groups excluding carboxylic acids is 2. The third-order valence-corrected chi connectivity index (χ3v) is 3.15. The lowest BCUT2D eigenvalue weighted by atomic mass is 10.3. The van der Waals surface area contributed by atoms with E-state index in [4.69, 9.17) is 0 Å². The summed E-state index contributed by atoms with van der Waals surface area (Å²) in [5, 5.41) is 7.42. The minimum Gasteiger partial charge on any atom is -0.356 e. The van der Waals surface area contributed by atoms with Crippen LogP contribution in [0.4, 0.5) is 0 Å². The third kappa shape index (κ3) is 5.63. The maximum Gasteiger partial charge on any atom is 0.261 e. The summed E-state index contributed by atoms with van der Waals surface area (Å²) in [4.78, 5) is 23.6. The topological polar surface area (TPSA) is 58.2 Å². The predicted molar refractivity (Wildman–Crippen MR) is 73.7 cm³/mol. The van der Waals surface area contributed by atoms with Crippen LogP contribution in [0.2, 0.25) is 0 Å². The Morgan fingerprint density at radius 1 is 1.33 bits per heavy atom. The summed E-state index contributed by atoms with van der Waals surface area (Å²) in [7, 11) is 0. The van der Waals surface area contributed by atoms with Crippen LogP contribution < -0.4 is 10.6 Å². The first kappa shape index (κ1) is 14.4. The summed E-state index contributed by atoms with van der Waals surface area (Å²) in [5.74, 6) is -0.0562. The van der Waals surface area contributed by atoms with Gasteiger partial charge in [0.05, 0.1) is 4.88 Å². The van der Waals surface area contributed by atoms with Crippen LogP contribution in [0, 0.1) is 0 Å². The first-order valence-corrected chi connectivity index (χ1v) is 6.81. The normalized spacial score (nSPS) is 9.78. The zero-order chi connectivity index (χ0) is 13.2. The van der Waals surface area contributed by atoms with Gasteiger partial charge in [0.25, 0.3) is 5.91 Å². The van der Waals surface area contributed by atoms with Crippen LogP contribution in [0.1, 0.15) is 28.9 Å². The van der Waals surface area contributed by atoms with Crippen molar-refractivity contribution in [1.82, 2.24) is 10.6 Å².